The molecule has 1 fully saturated rings. The monoisotopic (exact) mass is 443 g/mol. The van der Waals surface area contributed by atoms with E-state index in [9.17, 15) is 23.5 Å². The highest BCUT2D eigenvalue weighted by Crippen LogP contribution is 2.49. The van der Waals surface area contributed by atoms with Crippen molar-refractivity contribution in [2.45, 2.75) is 32.1 Å². The van der Waals surface area contributed by atoms with Crippen LogP contribution in [0.1, 0.15) is 29.8 Å². The zero-order chi connectivity index (χ0) is 23.2. The molecule has 1 N–H and O–H groups in total. The average molecular weight is 443 g/mol. The van der Waals surface area contributed by atoms with Crippen LogP contribution in [0.25, 0.3) is 6.08 Å². The van der Waals surface area contributed by atoms with Gasteiger partial charge in [-0.2, -0.15) is 0 Å². The highest BCUT2D eigenvalue weighted by molar-refractivity contribution is 5.80. The Morgan fingerprint density at radius 3 is 2.66 bits per heavy atom. The number of hydrogen-bond donors (Lipinski definition) is 1. The van der Waals surface area contributed by atoms with Crippen LogP contribution in [0.15, 0.2) is 41.2 Å². The molecular formula is C24H27F2N3O3. The molecule has 2 aliphatic rings. The van der Waals surface area contributed by atoms with Gasteiger partial charge in [-0.25, -0.2) is 8.78 Å². The van der Waals surface area contributed by atoms with Crippen molar-refractivity contribution in [3.8, 4) is 0 Å². The summed E-state index contributed by atoms with van der Waals surface area (Å²) in [6.07, 6.45) is 3.52. The lowest BCUT2D eigenvalue weighted by Crippen LogP contribution is -2.46. The van der Waals surface area contributed by atoms with Crippen LogP contribution in [-0.2, 0) is 17.9 Å². The van der Waals surface area contributed by atoms with E-state index in [1.807, 2.05) is 17.9 Å². The maximum atomic E-state index is 14.5. The molecule has 2 bridgehead atoms. The van der Waals surface area contributed by atoms with Crippen molar-refractivity contribution < 1.29 is 18.7 Å². The lowest BCUT2D eigenvalue weighted by atomic mass is 9.86. The smallest absolute Gasteiger partial charge is 0.258 e. The summed E-state index contributed by atoms with van der Waals surface area (Å²) in [5, 5.41) is 10.3. The van der Waals surface area contributed by atoms with E-state index < -0.39 is 29.5 Å². The quantitative estimate of drug-likeness (QED) is 0.771. The molecule has 0 saturated carbocycles. The number of carbonyl (C=O) groups is 1. The number of aliphatic hydroxyl groups excluding tert-OH is 1. The summed E-state index contributed by atoms with van der Waals surface area (Å²) >= 11 is 0. The second-order valence-corrected chi connectivity index (χ2v) is 8.65. The predicted molar refractivity (Wildman–Crippen MR) is 117 cm³/mol. The molecule has 8 heteroatoms. The van der Waals surface area contributed by atoms with Gasteiger partial charge >= 0.3 is 0 Å². The number of fused-ring (bicyclic) bond motifs is 4. The van der Waals surface area contributed by atoms with Crippen LogP contribution in [-0.4, -0.2) is 52.1 Å². The second kappa shape index (κ2) is 8.60. The maximum Gasteiger partial charge on any atom is 0.258 e. The zero-order valence-corrected chi connectivity index (χ0v) is 18.3. The van der Waals surface area contributed by atoms with Crippen molar-refractivity contribution in [3.05, 3.63) is 75.2 Å². The number of carbonyl (C=O) groups excluding carboxylic acids is 1. The molecule has 2 aliphatic heterocycles. The van der Waals surface area contributed by atoms with Crippen molar-refractivity contribution in [2.24, 2.45) is 11.8 Å². The minimum atomic E-state index is -0.614. The summed E-state index contributed by atoms with van der Waals surface area (Å²) in [5.74, 6) is -2.31. The van der Waals surface area contributed by atoms with Crippen LogP contribution in [0.3, 0.4) is 0 Å². The van der Waals surface area contributed by atoms with Gasteiger partial charge < -0.3 is 14.6 Å². The summed E-state index contributed by atoms with van der Waals surface area (Å²) in [6.45, 7) is 1.90. The predicted octanol–water partition coefficient (Wildman–Crippen LogP) is 2.41. The van der Waals surface area contributed by atoms with Gasteiger partial charge in [0, 0.05) is 62.6 Å². The van der Waals surface area contributed by atoms with Crippen molar-refractivity contribution >= 4 is 12.0 Å². The standard InChI is InChI=1S/C24H27F2N3O3/c1-4-5-14-6-9-19-22-21(24(32)27(2)3)17(13-30)20(12-29(19)23(14)31)28(22)11-15-10-16(25)7-8-18(15)26/h4-10,17,20-22,30H,11-13H2,1-3H3/b5-4+/t17-,20-,21+,22+/m1/s1. The lowest BCUT2D eigenvalue weighted by Gasteiger charge is -2.38. The number of rotatable bonds is 5. The summed E-state index contributed by atoms with van der Waals surface area (Å²) in [6, 6.07) is 5.92. The van der Waals surface area contributed by atoms with E-state index in [-0.39, 0.29) is 42.8 Å². The van der Waals surface area contributed by atoms with E-state index in [2.05, 4.69) is 0 Å². The maximum absolute atomic E-state index is 14.5. The fraction of sp³-hybridized carbons (Fsp3) is 0.417. The molecule has 2 aromatic rings. The normalized spacial score (nSPS) is 24.7. The van der Waals surface area contributed by atoms with Crippen molar-refractivity contribution in [2.75, 3.05) is 20.7 Å². The summed E-state index contributed by atoms with van der Waals surface area (Å²) in [5.41, 5.74) is 1.20. The van der Waals surface area contributed by atoms with Gasteiger partial charge in [-0.3, -0.25) is 14.5 Å². The van der Waals surface area contributed by atoms with Gasteiger partial charge in [-0.15, -0.1) is 0 Å². The first kappa shape index (κ1) is 22.4. The van der Waals surface area contributed by atoms with Crippen molar-refractivity contribution in [3.63, 3.8) is 0 Å². The number of benzene rings is 1. The Morgan fingerprint density at radius 2 is 2.00 bits per heavy atom. The topological polar surface area (TPSA) is 65.8 Å². The Bertz CT molecular complexity index is 1130. The van der Waals surface area contributed by atoms with Crippen molar-refractivity contribution in [1.29, 1.82) is 0 Å². The minimum Gasteiger partial charge on any atom is -0.396 e. The largest absolute Gasteiger partial charge is 0.396 e. The van der Waals surface area contributed by atoms with Gasteiger partial charge in [0.2, 0.25) is 5.91 Å². The SMILES string of the molecule is C/C=C/c1ccc2n(c1=O)C[C@@H]1[C@@H](CO)[C@H](C(=O)N(C)C)[C@H]2N1Cc1cc(F)ccc1F. The van der Waals surface area contributed by atoms with Crippen LogP contribution < -0.4 is 5.56 Å². The first-order chi connectivity index (χ1) is 15.3. The van der Waals surface area contributed by atoms with Gasteiger partial charge in [0.25, 0.3) is 5.56 Å². The number of aromatic nitrogens is 1. The first-order valence-electron chi connectivity index (χ1n) is 10.7. The van der Waals surface area contributed by atoms with E-state index in [4.69, 9.17) is 0 Å². The molecule has 0 aliphatic carbocycles. The van der Waals surface area contributed by atoms with E-state index in [0.29, 0.717) is 11.3 Å². The van der Waals surface area contributed by atoms with Gasteiger partial charge in [-0.05, 0) is 37.3 Å². The Labute approximate surface area is 185 Å². The van der Waals surface area contributed by atoms with Crippen LogP contribution >= 0.6 is 0 Å². The third-order valence-corrected chi connectivity index (χ3v) is 6.63. The van der Waals surface area contributed by atoms with Gasteiger partial charge in [0.15, 0.2) is 0 Å². The highest BCUT2D eigenvalue weighted by atomic mass is 19.1. The molecule has 0 unspecified atom stereocenters. The highest BCUT2D eigenvalue weighted by Gasteiger charge is 2.56. The summed E-state index contributed by atoms with van der Waals surface area (Å²) in [4.78, 5) is 29.7. The molecule has 6 nitrogen and oxygen atoms in total. The number of amides is 1. The fourth-order valence-electron chi connectivity index (χ4n) is 5.20. The van der Waals surface area contributed by atoms with E-state index >= 15 is 0 Å². The van der Waals surface area contributed by atoms with E-state index in [0.717, 1.165) is 18.2 Å². The van der Waals surface area contributed by atoms with E-state index in [1.165, 1.54) is 4.90 Å². The molecule has 0 spiro atoms. The molecule has 4 rings (SSSR count). The Morgan fingerprint density at radius 1 is 1.25 bits per heavy atom. The summed E-state index contributed by atoms with van der Waals surface area (Å²) in [7, 11) is 3.30. The molecule has 1 aromatic heterocycles. The number of allylic oxidation sites excluding steroid dienone is 1. The van der Waals surface area contributed by atoms with Gasteiger partial charge in [-0.1, -0.05) is 12.2 Å². The van der Waals surface area contributed by atoms with E-state index in [1.54, 1.807) is 36.9 Å². The number of halogens is 2. The minimum absolute atomic E-state index is 0.0669. The Kier molecular flexibility index (Phi) is 6.01. The Hall–Kier alpha value is -2.84. The molecule has 3 heterocycles. The van der Waals surface area contributed by atoms with Crippen LogP contribution in [0.4, 0.5) is 8.78 Å². The molecule has 1 aromatic carbocycles. The molecular weight excluding hydrogens is 416 g/mol. The first-order valence-corrected chi connectivity index (χ1v) is 10.7. The average Bonchev–Trinajstić information content (AvgIpc) is 2.96. The summed E-state index contributed by atoms with van der Waals surface area (Å²) < 4.78 is 30.0. The number of nitrogens with zero attached hydrogens (tertiary/aromatic N) is 3. The Balaban J connectivity index is 1.87. The zero-order valence-electron chi connectivity index (χ0n) is 18.3. The number of aliphatic hydroxyl groups is 1. The van der Waals surface area contributed by atoms with Crippen LogP contribution in [0, 0.1) is 23.5 Å². The third kappa shape index (κ3) is 3.57. The molecule has 170 valence electrons. The molecule has 4 atom stereocenters. The number of hydrogen-bond acceptors (Lipinski definition) is 4. The van der Waals surface area contributed by atoms with Gasteiger partial charge in [0.05, 0.1) is 12.0 Å². The van der Waals surface area contributed by atoms with Crippen molar-refractivity contribution in [1.82, 2.24) is 14.4 Å². The third-order valence-electron chi connectivity index (χ3n) is 6.63. The molecule has 1 saturated heterocycles. The van der Waals surface area contributed by atoms with Gasteiger partial charge in [0.1, 0.15) is 11.6 Å². The van der Waals surface area contributed by atoms with Crippen LogP contribution in [0.2, 0.25) is 0 Å². The molecule has 1 amide bonds. The molecule has 0 radical (unpaired) electrons. The number of pyridine rings is 1. The van der Waals surface area contributed by atoms with Crippen LogP contribution in [0.5, 0.6) is 0 Å². The molecule has 32 heavy (non-hydrogen) atoms. The second-order valence-electron chi connectivity index (χ2n) is 8.65. The fourth-order valence-corrected chi connectivity index (χ4v) is 5.20. The lowest BCUT2D eigenvalue weighted by molar-refractivity contribution is -0.135.